The molecule has 0 aromatic heterocycles. The number of aliphatic hydroxyl groups excluding tert-OH is 8. The number of allylic oxidation sites excluding steroid dienone is 7. The van der Waals surface area contributed by atoms with Crippen molar-refractivity contribution < 1.29 is 64.6 Å². The second kappa shape index (κ2) is 62.5. The van der Waals surface area contributed by atoms with Gasteiger partial charge in [-0.25, -0.2) is 0 Å². The van der Waals surface area contributed by atoms with Crippen molar-refractivity contribution in [2.45, 2.75) is 421 Å². The molecular weight excluding hydrogens is 1160 g/mol. The van der Waals surface area contributed by atoms with Crippen LogP contribution < -0.4 is 5.32 Å². The molecule has 2 saturated heterocycles. The molecule has 2 fully saturated rings. The molecule has 2 rings (SSSR count). The van der Waals surface area contributed by atoms with Gasteiger partial charge in [-0.05, 0) is 57.8 Å². The lowest BCUT2D eigenvalue weighted by Gasteiger charge is -2.46. The second-order valence-electron chi connectivity index (χ2n) is 27.5. The van der Waals surface area contributed by atoms with E-state index in [4.69, 9.17) is 18.9 Å². The van der Waals surface area contributed by atoms with Crippen LogP contribution in [0, 0.1) is 0 Å². The molecule has 0 aromatic rings. The molecule has 0 spiro atoms. The van der Waals surface area contributed by atoms with Gasteiger partial charge in [0, 0.05) is 6.42 Å². The predicted molar refractivity (Wildman–Crippen MR) is 378 cm³/mol. The van der Waals surface area contributed by atoms with Crippen LogP contribution in [0.1, 0.15) is 348 Å². The summed E-state index contributed by atoms with van der Waals surface area (Å²) in [6.07, 6.45) is 66.1. The van der Waals surface area contributed by atoms with E-state index in [9.17, 15) is 45.6 Å². The van der Waals surface area contributed by atoms with Crippen LogP contribution in [0.4, 0.5) is 0 Å². The molecule has 12 atom stereocenters. The van der Waals surface area contributed by atoms with E-state index in [0.717, 1.165) is 51.4 Å². The molecule has 0 aliphatic carbocycles. The highest BCUT2D eigenvalue weighted by atomic mass is 16.7. The SMILES string of the molecule is CCCCCCC/C=C\C/C=C\C/C=C\CCCCCCCCCCCCCCCCCCCCC(=O)NC(COC1OC(CO)C(OC2OC(CO)C(O)C(O)C2O)C(O)C1O)C(O)/C=C/CCCCCCCCCCCCCCCCCCCCCCCCC. The molecule has 2 aliphatic heterocycles. The Balaban J connectivity index is 1.63. The number of amides is 1. The second-order valence-corrected chi connectivity index (χ2v) is 27.5. The summed E-state index contributed by atoms with van der Waals surface area (Å²) in [7, 11) is 0. The fraction of sp³-hybridized carbons (Fsp3) is 0.885. The van der Waals surface area contributed by atoms with Gasteiger partial charge in [-0.15, -0.1) is 0 Å². The molecule has 1 amide bonds. The number of unbranched alkanes of at least 4 members (excludes halogenated alkanes) is 46. The maximum absolute atomic E-state index is 13.4. The van der Waals surface area contributed by atoms with Crippen molar-refractivity contribution in [1.29, 1.82) is 0 Å². The Bertz CT molecular complexity index is 1730. The first-order valence-corrected chi connectivity index (χ1v) is 38.9. The number of rotatable bonds is 65. The van der Waals surface area contributed by atoms with Crippen LogP contribution in [0.3, 0.4) is 0 Å². The average Bonchev–Trinajstić information content (AvgIpc) is 0.829. The molecule has 2 heterocycles. The quantitative estimate of drug-likeness (QED) is 0.0204. The van der Waals surface area contributed by atoms with Gasteiger partial charge in [0.1, 0.15) is 48.8 Å². The molecular formula is C78H145NO13. The number of hydrogen-bond donors (Lipinski definition) is 9. The molecule has 92 heavy (non-hydrogen) atoms. The monoisotopic (exact) mass is 1300 g/mol. The Labute approximate surface area is 563 Å². The van der Waals surface area contributed by atoms with Crippen LogP contribution in [0.15, 0.2) is 48.6 Å². The molecule has 0 saturated carbocycles. The van der Waals surface area contributed by atoms with Gasteiger partial charge in [0.15, 0.2) is 12.6 Å². The van der Waals surface area contributed by atoms with Crippen molar-refractivity contribution in [3.8, 4) is 0 Å². The topological polar surface area (TPSA) is 228 Å². The summed E-state index contributed by atoms with van der Waals surface area (Å²) < 4.78 is 22.9. The van der Waals surface area contributed by atoms with E-state index in [1.165, 1.54) is 270 Å². The zero-order chi connectivity index (χ0) is 66.6. The highest BCUT2D eigenvalue weighted by Crippen LogP contribution is 2.30. The van der Waals surface area contributed by atoms with Gasteiger partial charge in [0.25, 0.3) is 0 Å². The number of aliphatic hydroxyl groups is 8. The summed E-state index contributed by atoms with van der Waals surface area (Å²) in [5.74, 6) is -0.233. The average molecular weight is 1310 g/mol. The lowest BCUT2D eigenvalue weighted by atomic mass is 9.97. The molecule has 2 aliphatic rings. The minimum atomic E-state index is -1.79. The number of nitrogens with one attached hydrogen (secondary N) is 1. The summed E-state index contributed by atoms with van der Waals surface area (Å²) in [5.41, 5.74) is 0. The van der Waals surface area contributed by atoms with Crippen molar-refractivity contribution in [2.75, 3.05) is 19.8 Å². The third-order valence-corrected chi connectivity index (χ3v) is 19.0. The number of ether oxygens (including phenoxy) is 4. The van der Waals surface area contributed by atoms with Crippen LogP contribution in [0.25, 0.3) is 0 Å². The Morgan fingerprint density at radius 3 is 1.10 bits per heavy atom. The third-order valence-electron chi connectivity index (χ3n) is 19.0. The molecule has 0 bridgehead atoms. The van der Waals surface area contributed by atoms with E-state index >= 15 is 0 Å². The van der Waals surface area contributed by atoms with Crippen molar-refractivity contribution in [2.24, 2.45) is 0 Å². The van der Waals surface area contributed by atoms with E-state index in [0.29, 0.717) is 6.42 Å². The number of carbonyl (C=O) groups excluding carboxylic acids is 1. The van der Waals surface area contributed by atoms with Gasteiger partial charge >= 0.3 is 0 Å². The number of hydrogen-bond acceptors (Lipinski definition) is 13. The molecule has 12 unspecified atom stereocenters. The fourth-order valence-corrected chi connectivity index (χ4v) is 12.8. The van der Waals surface area contributed by atoms with Gasteiger partial charge in [-0.1, -0.05) is 332 Å². The summed E-state index contributed by atoms with van der Waals surface area (Å²) in [6.45, 7) is 2.84. The maximum Gasteiger partial charge on any atom is 0.220 e. The fourth-order valence-electron chi connectivity index (χ4n) is 12.8. The van der Waals surface area contributed by atoms with Gasteiger partial charge in [-0.2, -0.15) is 0 Å². The van der Waals surface area contributed by atoms with E-state index in [2.05, 4.69) is 55.6 Å². The van der Waals surface area contributed by atoms with Crippen molar-refractivity contribution >= 4 is 5.91 Å². The maximum atomic E-state index is 13.4. The van der Waals surface area contributed by atoms with Crippen molar-refractivity contribution in [3.63, 3.8) is 0 Å². The Morgan fingerprint density at radius 2 is 0.717 bits per heavy atom. The van der Waals surface area contributed by atoms with E-state index in [-0.39, 0.29) is 18.9 Å². The normalized spacial score (nSPS) is 22.9. The first-order valence-electron chi connectivity index (χ1n) is 38.9. The van der Waals surface area contributed by atoms with Gasteiger partial charge in [0.2, 0.25) is 5.91 Å². The molecule has 14 heteroatoms. The summed E-state index contributed by atoms with van der Waals surface area (Å²) in [4.78, 5) is 13.4. The van der Waals surface area contributed by atoms with Gasteiger partial charge in [-0.3, -0.25) is 4.79 Å². The van der Waals surface area contributed by atoms with E-state index in [1.54, 1.807) is 6.08 Å². The van der Waals surface area contributed by atoms with Crippen molar-refractivity contribution in [3.05, 3.63) is 48.6 Å². The molecule has 0 aromatic carbocycles. The summed E-state index contributed by atoms with van der Waals surface area (Å²) >= 11 is 0. The zero-order valence-corrected chi connectivity index (χ0v) is 59.1. The third kappa shape index (κ3) is 45.5. The van der Waals surface area contributed by atoms with E-state index < -0.39 is 86.8 Å². The lowest BCUT2D eigenvalue weighted by Crippen LogP contribution is -2.65. The Morgan fingerprint density at radius 1 is 0.391 bits per heavy atom. The van der Waals surface area contributed by atoms with Crippen LogP contribution in [0.5, 0.6) is 0 Å². The Kier molecular flexibility index (Phi) is 58.4. The Hall–Kier alpha value is -2.05. The zero-order valence-electron chi connectivity index (χ0n) is 59.1. The predicted octanol–water partition coefficient (Wildman–Crippen LogP) is 17.0. The number of carbonyl (C=O) groups is 1. The highest BCUT2D eigenvalue weighted by Gasteiger charge is 2.51. The standard InChI is InChI=1S/C78H145NO13/c1-3-5-7-9-11-13-15-17-19-21-23-25-27-29-30-31-32-33-34-35-36-38-40-42-44-46-48-50-52-54-56-58-60-62-70(83)79-66(65-89-77-75(88)73(86)76(69(64-81)91-77)92-78-74(87)72(85)71(84)68(63-80)90-78)67(82)61-59-57-55-53-51-49-47-45-43-41-39-37-28-26-24-22-20-18-16-14-12-10-8-6-4-2/h15,17,21,23,27,29,59,61,66-69,71-78,80-82,84-88H,3-14,16,18-20,22,24-26,28,30-58,60,62-65H2,1-2H3,(H,79,83)/b17-15-,23-21-,29-27-,61-59+. The molecule has 9 N–H and O–H groups in total. The molecule has 14 nitrogen and oxygen atoms in total. The lowest BCUT2D eigenvalue weighted by molar-refractivity contribution is -0.359. The van der Waals surface area contributed by atoms with E-state index in [1.807, 2.05) is 6.08 Å². The first kappa shape index (κ1) is 86.0. The van der Waals surface area contributed by atoms with Gasteiger partial charge in [0.05, 0.1) is 32.0 Å². The smallest absolute Gasteiger partial charge is 0.220 e. The summed E-state index contributed by atoms with van der Waals surface area (Å²) in [6, 6.07) is -0.916. The highest BCUT2D eigenvalue weighted by molar-refractivity contribution is 5.76. The van der Waals surface area contributed by atoms with Gasteiger partial charge < -0.3 is 65.1 Å². The molecule has 0 radical (unpaired) electrons. The van der Waals surface area contributed by atoms with Crippen LogP contribution in [-0.2, 0) is 23.7 Å². The van der Waals surface area contributed by atoms with Crippen LogP contribution in [-0.4, -0.2) is 140 Å². The van der Waals surface area contributed by atoms with Crippen LogP contribution >= 0.6 is 0 Å². The largest absolute Gasteiger partial charge is 0.394 e. The first-order chi connectivity index (χ1) is 45.1. The minimum Gasteiger partial charge on any atom is -0.394 e. The minimum absolute atomic E-state index is 0.233. The molecule has 540 valence electrons. The van der Waals surface area contributed by atoms with Crippen molar-refractivity contribution in [1.82, 2.24) is 5.32 Å². The van der Waals surface area contributed by atoms with Crippen LogP contribution in [0.2, 0.25) is 0 Å². The summed E-state index contributed by atoms with van der Waals surface area (Å²) in [5, 5.41) is 87.6.